The highest BCUT2D eigenvalue weighted by molar-refractivity contribution is 5.75. The van der Waals surface area contributed by atoms with Crippen molar-refractivity contribution in [2.45, 2.75) is 136 Å². The fraction of sp³-hybridized carbons (Fsp3) is 0.968. The maximum Gasteiger partial charge on any atom is 0.220 e. The number of carbonyl (C=O) groups is 1. The predicted octanol–water partition coefficient (Wildman–Crippen LogP) is 4.39. The van der Waals surface area contributed by atoms with Gasteiger partial charge in [0.15, 0.2) is 0 Å². The largest absolute Gasteiger partial charge is 0.393 e. The summed E-state index contributed by atoms with van der Waals surface area (Å²) in [7, 11) is 0. The van der Waals surface area contributed by atoms with Crippen molar-refractivity contribution in [3.63, 3.8) is 0 Å². The molecule has 1 amide bonds. The molecule has 214 valence electrons. The van der Waals surface area contributed by atoms with Crippen molar-refractivity contribution in [2.75, 3.05) is 6.54 Å². The van der Waals surface area contributed by atoms with Crippen LogP contribution in [-0.2, 0) is 4.79 Å². The molecule has 4 rings (SSSR count). The molecule has 6 N–H and O–H groups in total. The minimum absolute atomic E-state index is 0.101. The molecule has 0 radical (unpaired) electrons. The molecule has 0 aliphatic heterocycles. The van der Waals surface area contributed by atoms with Crippen molar-refractivity contribution in [2.24, 2.45) is 52.1 Å². The van der Waals surface area contributed by atoms with Gasteiger partial charge in [0.1, 0.15) is 0 Å². The summed E-state index contributed by atoms with van der Waals surface area (Å²) >= 11 is 0. The molecule has 0 spiro atoms. The summed E-state index contributed by atoms with van der Waals surface area (Å²) in [6.07, 6.45) is 9.49. The van der Waals surface area contributed by atoms with Crippen LogP contribution in [-0.4, -0.2) is 51.6 Å². The van der Waals surface area contributed by atoms with Crippen LogP contribution in [0, 0.1) is 46.3 Å². The number of aliphatic hydroxyl groups is 3. The Morgan fingerprint density at radius 3 is 2.51 bits per heavy atom. The fourth-order valence-electron chi connectivity index (χ4n) is 9.96. The van der Waals surface area contributed by atoms with E-state index in [-0.39, 0.29) is 46.5 Å². The van der Waals surface area contributed by atoms with E-state index in [0.29, 0.717) is 42.6 Å². The third-order valence-electron chi connectivity index (χ3n) is 12.2. The Morgan fingerprint density at radius 1 is 1.08 bits per heavy atom. The zero-order chi connectivity index (χ0) is 27.2. The lowest BCUT2D eigenvalue weighted by Gasteiger charge is -2.63. The molecule has 6 nitrogen and oxygen atoms in total. The van der Waals surface area contributed by atoms with Crippen molar-refractivity contribution in [3.05, 3.63) is 0 Å². The zero-order valence-electron chi connectivity index (χ0n) is 24.2. The normalized spacial score (nSPS) is 45.8. The van der Waals surface area contributed by atoms with Crippen LogP contribution in [0.3, 0.4) is 0 Å². The van der Waals surface area contributed by atoms with Crippen LogP contribution < -0.4 is 11.1 Å². The molecule has 6 heteroatoms. The topological polar surface area (TPSA) is 116 Å². The number of carbonyl (C=O) groups excluding carboxylic acids is 1. The van der Waals surface area contributed by atoms with Gasteiger partial charge in [0.05, 0.1) is 18.3 Å². The van der Waals surface area contributed by atoms with Gasteiger partial charge in [-0.3, -0.25) is 4.79 Å². The van der Waals surface area contributed by atoms with E-state index in [0.717, 1.165) is 70.6 Å². The summed E-state index contributed by atoms with van der Waals surface area (Å²) < 4.78 is 0. The van der Waals surface area contributed by atoms with E-state index in [9.17, 15) is 20.1 Å². The molecule has 0 saturated heterocycles. The van der Waals surface area contributed by atoms with Gasteiger partial charge in [0.2, 0.25) is 5.91 Å². The highest BCUT2D eigenvalue weighted by Crippen LogP contribution is 2.68. The van der Waals surface area contributed by atoms with E-state index in [4.69, 9.17) is 5.73 Å². The second kappa shape index (κ2) is 11.1. The van der Waals surface area contributed by atoms with E-state index < -0.39 is 0 Å². The molecule has 4 saturated carbocycles. The number of hydrogen-bond acceptors (Lipinski definition) is 5. The van der Waals surface area contributed by atoms with Crippen LogP contribution in [0.4, 0.5) is 0 Å². The maximum atomic E-state index is 12.6. The first-order valence-corrected chi connectivity index (χ1v) is 15.4. The molecule has 0 aromatic carbocycles. The monoisotopic (exact) mass is 520 g/mol. The smallest absolute Gasteiger partial charge is 0.220 e. The molecule has 4 aliphatic carbocycles. The summed E-state index contributed by atoms with van der Waals surface area (Å²) in [6, 6.07) is 0. The number of fused-ring (bicyclic) bond motifs is 5. The average Bonchev–Trinajstić information content (AvgIpc) is 3.17. The van der Waals surface area contributed by atoms with E-state index in [2.05, 4.69) is 39.9 Å². The first-order valence-electron chi connectivity index (χ1n) is 15.4. The SMILES string of the molecule is CCCC(C)(N)CCNC(=O)CC[C@@H](C)[C@H]1CCC2C3C(C[C@H](O)[C@@]21C)[C@@]1(C)CC[C@@H](O)C[C@H]1C[C@H]3O. The molecule has 0 aromatic heterocycles. The van der Waals surface area contributed by atoms with E-state index in [1.54, 1.807) is 0 Å². The Kier molecular flexibility index (Phi) is 8.76. The van der Waals surface area contributed by atoms with Crippen LogP contribution in [0.2, 0.25) is 0 Å². The zero-order valence-corrected chi connectivity index (χ0v) is 24.2. The standard InChI is InChI=1S/C31H56N2O4/c1-6-12-29(3,32)14-15-33-27(37)10-7-19(2)22-8-9-23-28-24(18-26(36)31(22,23)5)30(4)13-11-21(34)16-20(30)17-25(28)35/h19-26,28,34-36H,6-18,32H2,1-5H3,(H,33,37)/t19-,20+,21-,22-,23?,24?,25-,26+,28?,29?,30+,31-/m1/s1. The second-order valence-corrected chi connectivity index (χ2v) is 14.5. The average molecular weight is 521 g/mol. The molecule has 37 heavy (non-hydrogen) atoms. The van der Waals surface area contributed by atoms with Crippen LogP contribution in [0.25, 0.3) is 0 Å². The Balaban J connectivity index is 1.38. The molecule has 4 fully saturated rings. The molecular weight excluding hydrogens is 464 g/mol. The van der Waals surface area contributed by atoms with Gasteiger partial charge in [0, 0.05) is 18.5 Å². The van der Waals surface area contributed by atoms with Crippen LogP contribution in [0.1, 0.15) is 112 Å². The van der Waals surface area contributed by atoms with Crippen molar-refractivity contribution in [1.29, 1.82) is 0 Å². The van der Waals surface area contributed by atoms with Gasteiger partial charge >= 0.3 is 0 Å². The van der Waals surface area contributed by atoms with Crippen molar-refractivity contribution < 1.29 is 20.1 Å². The Morgan fingerprint density at radius 2 is 1.81 bits per heavy atom. The molecule has 4 unspecified atom stereocenters. The van der Waals surface area contributed by atoms with Crippen LogP contribution in [0.5, 0.6) is 0 Å². The lowest BCUT2D eigenvalue weighted by atomic mass is 9.43. The third-order valence-corrected chi connectivity index (χ3v) is 12.2. The fourth-order valence-corrected chi connectivity index (χ4v) is 9.96. The van der Waals surface area contributed by atoms with Gasteiger partial charge in [-0.25, -0.2) is 0 Å². The van der Waals surface area contributed by atoms with E-state index in [1.807, 2.05) is 0 Å². The van der Waals surface area contributed by atoms with Crippen LogP contribution >= 0.6 is 0 Å². The number of rotatable bonds is 9. The highest BCUT2D eigenvalue weighted by atomic mass is 16.3. The summed E-state index contributed by atoms with van der Waals surface area (Å²) in [5, 5.41) is 36.6. The van der Waals surface area contributed by atoms with Crippen molar-refractivity contribution in [1.82, 2.24) is 5.32 Å². The Labute approximate surface area is 225 Å². The number of amides is 1. The van der Waals surface area contributed by atoms with Crippen LogP contribution in [0.15, 0.2) is 0 Å². The first-order chi connectivity index (χ1) is 17.3. The molecule has 0 aromatic rings. The minimum Gasteiger partial charge on any atom is -0.393 e. The van der Waals surface area contributed by atoms with Crippen molar-refractivity contribution in [3.8, 4) is 0 Å². The van der Waals surface area contributed by atoms with Crippen molar-refractivity contribution >= 4 is 5.91 Å². The van der Waals surface area contributed by atoms with Gasteiger partial charge < -0.3 is 26.4 Å². The van der Waals surface area contributed by atoms with Gasteiger partial charge in [-0.1, -0.05) is 34.1 Å². The predicted molar refractivity (Wildman–Crippen MR) is 148 cm³/mol. The summed E-state index contributed by atoms with van der Waals surface area (Å²) in [6.45, 7) is 11.7. The minimum atomic E-state index is -0.377. The molecule has 0 bridgehead atoms. The lowest BCUT2D eigenvalue weighted by molar-refractivity contribution is -0.207. The highest BCUT2D eigenvalue weighted by Gasteiger charge is 2.65. The van der Waals surface area contributed by atoms with E-state index >= 15 is 0 Å². The Bertz CT molecular complexity index is 804. The first kappa shape index (κ1) is 29.3. The second-order valence-electron chi connectivity index (χ2n) is 14.5. The van der Waals surface area contributed by atoms with Gasteiger partial charge in [0.25, 0.3) is 0 Å². The summed E-state index contributed by atoms with van der Waals surface area (Å²) in [4.78, 5) is 12.6. The lowest BCUT2D eigenvalue weighted by Crippen LogP contribution is -2.62. The van der Waals surface area contributed by atoms with Gasteiger partial charge in [-0.05, 0) is 117 Å². The maximum absolute atomic E-state index is 12.6. The van der Waals surface area contributed by atoms with Gasteiger partial charge in [-0.2, -0.15) is 0 Å². The third kappa shape index (κ3) is 5.51. The van der Waals surface area contributed by atoms with Gasteiger partial charge in [-0.15, -0.1) is 0 Å². The molecule has 12 atom stereocenters. The number of aliphatic hydroxyl groups excluding tert-OH is 3. The number of hydrogen-bond donors (Lipinski definition) is 5. The number of nitrogens with two attached hydrogens (primary N) is 1. The van der Waals surface area contributed by atoms with E-state index in [1.165, 1.54) is 0 Å². The summed E-state index contributed by atoms with van der Waals surface area (Å²) in [5.41, 5.74) is 5.97. The quantitative estimate of drug-likeness (QED) is 0.309. The molecule has 4 aliphatic rings. The molecule has 0 heterocycles. The molecular formula is C31H56N2O4. The Hall–Kier alpha value is -0.690. The number of nitrogens with one attached hydrogen (secondary N) is 1. The summed E-state index contributed by atoms with van der Waals surface area (Å²) in [5.74, 6) is 2.04.